The molecule has 4 atom stereocenters. The van der Waals surface area contributed by atoms with Crippen molar-refractivity contribution in [3.63, 3.8) is 0 Å². The zero-order valence-corrected chi connectivity index (χ0v) is 19.8. The summed E-state index contributed by atoms with van der Waals surface area (Å²) < 4.78 is 13.9. The number of nitrogens with zero attached hydrogens (tertiary/aromatic N) is 3. The lowest BCUT2D eigenvalue weighted by Crippen LogP contribution is -2.31. The monoisotopic (exact) mass is 506 g/mol. The molecule has 168 valence electrons. The van der Waals surface area contributed by atoms with Gasteiger partial charge in [-0.25, -0.2) is 9.97 Å². The normalized spacial score (nSPS) is 22.4. The van der Waals surface area contributed by atoms with Crippen LogP contribution in [-0.2, 0) is 14.3 Å². The standard InChI is InChI=1S/C25H23BrN4O3/c1-15-21(26)22(33-16(2)31)25(32-15)30-13-19(17-9-5-3-6-10-17)20-23(27-14-28-24(20)30)29-18-11-7-4-8-12-18/h3-15,21-22,25H,1-2H3,(H,27,28,29)/t15-,21+,22-,25-/m1/s1. The molecule has 3 heterocycles. The van der Waals surface area contributed by atoms with Gasteiger partial charge in [0.2, 0.25) is 0 Å². The first-order valence-electron chi connectivity index (χ1n) is 10.7. The molecule has 0 bridgehead atoms. The molecule has 0 saturated carbocycles. The molecular weight excluding hydrogens is 484 g/mol. The summed E-state index contributed by atoms with van der Waals surface area (Å²) in [5, 5.41) is 4.29. The Hall–Kier alpha value is -3.23. The van der Waals surface area contributed by atoms with Crippen molar-refractivity contribution in [1.82, 2.24) is 14.5 Å². The van der Waals surface area contributed by atoms with Crippen LogP contribution in [0.4, 0.5) is 11.5 Å². The number of rotatable bonds is 5. The molecule has 1 aliphatic heterocycles. The smallest absolute Gasteiger partial charge is 0.303 e. The Bertz CT molecular complexity index is 1280. The van der Waals surface area contributed by atoms with E-state index < -0.39 is 12.3 Å². The van der Waals surface area contributed by atoms with Gasteiger partial charge in [0.1, 0.15) is 17.8 Å². The Balaban J connectivity index is 1.69. The van der Waals surface area contributed by atoms with Crippen LogP contribution >= 0.6 is 15.9 Å². The van der Waals surface area contributed by atoms with E-state index in [4.69, 9.17) is 9.47 Å². The number of hydrogen-bond acceptors (Lipinski definition) is 6. The second-order valence-corrected chi connectivity index (χ2v) is 9.04. The summed E-state index contributed by atoms with van der Waals surface area (Å²) in [4.78, 5) is 20.9. The van der Waals surface area contributed by atoms with Crippen LogP contribution in [0.1, 0.15) is 20.1 Å². The van der Waals surface area contributed by atoms with E-state index >= 15 is 0 Å². The van der Waals surface area contributed by atoms with Crippen molar-refractivity contribution in [1.29, 1.82) is 0 Å². The third-order valence-corrected chi connectivity index (χ3v) is 6.97. The van der Waals surface area contributed by atoms with Gasteiger partial charge in [-0.05, 0) is 24.6 Å². The molecule has 0 spiro atoms. The molecule has 4 aromatic rings. The number of para-hydroxylation sites is 1. The SMILES string of the molecule is CC(=O)O[C@@H]1[C@@H](Br)[C@@H](C)O[C@H]1n1cc(-c2ccccc2)c2c(Nc3ccccc3)ncnc21. The van der Waals surface area contributed by atoms with Crippen molar-refractivity contribution in [2.24, 2.45) is 0 Å². The van der Waals surface area contributed by atoms with E-state index in [1.165, 1.54) is 13.3 Å². The molecule has 0 unspecified atom stereocenters. The van der Waals surface area contributed by atoms with Crippen molar-refractivity contribution in [2.75, 3.05) is 5.32 Å². The summed E-state index contributed by atoms with van der Waals surface area (Å²) in [6.45, 7) is 3.37. The number of esters is 1. The number of ether oxygens (including phenoxy) is 2. The fourth-order valence-corrected chi connectivity index (χ4v) is 4.70. The molecule has 33 heavy (non-hydrogen) atoms. The van der Waals surface area contributed by atoms with E-state index in [9.17, 15) is 4.79 Å². The topological polar surface area (TPSA) is 78.3 Å². The predicted molar refractivity (Wildman–Crippen MR) is 131 cm³/mol. The van der Waals surface area contributed by atoms with E-state index in [1.807, 2.05) is 78.4 Å². The third-order valence-electron chi connectivity index (χ3n) is 5.70. The molecule has 0 aliphatic carbocycles. The van der Waals surface area contributed by atoms with Crippen LogP contribution in [0.25, 0.3) is 22.2 Å². The van der Waals surface area contributed by atoms with E-state index in [1.54, 1.807) is 0 Å². The van der Waals surface area contributed by atoms with Gasteiger partial charge in [-0.1, -0.05) is 64.5 Å². The maximum atomic E-state index is 11.8. The zero-order chi connectivity index (χ0) is 22.9. The van der Waals surface area contributed by atoms with Gasteiger partial charge in [0, 0.05) is 24.4 Å². The first-order valence-corrected chi connectivity index (χ1v) is 11.6. The lowest BCUT2D eigenvalue weighted by Gasteiger charge is -2.21. The minimum Gasteiger partial charge on any atom is -0.456 e. The van der Waals surface area contributed by atoms with Gasteiger partial charge in [0.05, 0.1) is 16.3 Å². The molecule has 2 aromatic heterocycles. The number of carbonyl (C=O) groups excluding carboxylic acids is 1. The molecular formula is C25H23BrN4O3. The molecule has 0 amide bonds. The van der Waals surface area contributed by atoms with Crippen LogP contribution in [-0.4, -0.2) is 37.5 Å². The first kappa shape index (κ1) is 21.6. The molecule has 1 aliphatic rings. The van der Waals surface area contributed by atoms with E-state index in [0.29, 0.717) is 11.5 Å². The second kappa shape index (κ2) is 8.96. The molecule has 5 rings (SSSR count). The number of fused-ring (bicyclic) bond motifs is 1. The van der Waals surface area contributed by atoms with Gasteiger partial charge in [0.15, 0.2) is 12.3 Å². The fraction of sp³-hybridized carbons (Fsp3) is 0.240. The average Bonchev–Trinajstić information content (AvgIpc) is 3.34. The van der Waals surface area contributed by atoms with Crippen molar-refractivity contribution >= 4 is 44.4 Å². The fourth-order valence-electron chi connectivity index (χ4n) is 4.20. The highest BCUT2D eigenvalue weighted by Gasteiger charge is 2.45. The largest absolute Gasteiger partial charge is 0.456 e. The highest BCUT2D eigenvalue weighted by atomic mass is 79.9. The van der Waals surface area contributed by atoms with Crippen LogP contribution in [0.3, 0.4) is 0 Å². The van der Waals surface area contributed by atoms with Gasteiger partial charge < -0.3 is 19.4 Å². The predicted octanol–water partition coefficient (Wildman–Crippen LogP) is 5.45. The van der Waals surface area contributed by atoms with Gasteiger partial charge >= 0.3 is 5.97 Å². The number of nitrogens with one attached hydrogen (secondary N) is 1. The number of alkyl halides is 1. The van der Waals surface area contributed by atoms with Crippen LogP contribution in [0, 0.1) is 0 Å². The van der Waals surface area contributed by atoms with Crippen molar-refractivity contribution in [2.45, 2.75) is 37.1 Å². The van der Waals surface area contributed by atoms with Gasteiger partial charge in [-0.15, -0.1) is 0 Å². The Labute approximate surface area is 199 Å². The summed E-state index contributed by atoms with van der Waals surface area (Å²) in [5.41, 5.74) is 3.60. The van der Waals surface area contributed by atoms with Crippen LogP contribution in [0.5, 0.6) is 0 Å². The van der Waals surface area contributed by atoms with Crippen LogP contribution in [0.15, 0.2) is 73.2 Å². The quantitative estimate of drug-likeness (QED) is 0.286. The molecule has 8 heteroatoms. The zero-order valence-electron chi connectivity index (χ0n) is 18.2. The second-order valence-electron chi connectivity index (χ2n) is 7.98. The Morgan fingerprint density at radius 2 is 1.79 bits per heavy atom. The molecule has 1 fully saturated rings. The Morgan fingerprint density at radius 3 is 2.48 bits per heavy atom. The first-order chi connectivity index (χ1) is 16.0. The number of aromatic nitrogens is 3. The maximum Gasteiger partial charge on any atom is 0.303 e. The number of carbonyl (C=O) groups is 1. The Kier molecular flexibility index (Phi) is 5.86. The molecule has 2 aromatic carbocycles. The lowest BCUT2D eigenvalue weighted by molar-refractivity contribution is -0.151. The number of anilines is 2. The van der Waals surface area contributed by atoms with Crippen molar-refractivity contribution in [3.8, 4) is 11.1 Å². The summed E-state index contributed by atoms with van der Waals surface area (Å²) in [7, 11) is 0. The minimum absolute atomic E-state index is 0.146. The van der Waals surface area contributed by atoms with Gasteiger partial charge in [0.25, 0.3) is 0 Å². The van der Waals surface area contributed by atoms with Crippen molar-refractivity contribution in [3.05, 3.63) is 73.2 Å². The summed E-state index contributed by atoms with van der Waals surface area (Å²) in [6.07, 6.45) is 2.35. The summed E-state index contributed by atoms with van der Waals surface area (Å²) in [5.74, 6) is 0.335. The minimum atomic E-state index is -0.535. The highest BCUT2D eigenvalue weighted by molar-refractivity contribution is 9.09. The van der Waals surface area contributed by atoms with Crippen molar-refractivity contribution < 1.29 is 14.3 Å². The van der Waals surface area contributed by atoms with Gasteiger partial charge in [-0.2, -0.15) is 0 Å². The summed E-state index contributed by atoms with van der Waals surface area (Å²) in [6, 6.07) is 20.0. The average molecular weight is 507 g/mol. The highest BCUT2D eigenvalue weighted by Crippen LogP contribution is 2.42. The van der Waals surface area contributed by atoms with E-state index in [-0.39, 0.29) is 16.9 Å². The van der Waals surface area contributed by atoms with E-state index in [0.717, 1.165) is 22.2 Å². The lowest BCUT2D eigenvalue weighted by atomic mass is 10.1. The molecule has 1 N–H and O–H groups in total. The van der Waals surface area contributed by atoms with Crippen LogP contribution in [0.2, 0.25) is 0 Å². The number of hydrogen-bond donors (Lipinski definition) is 1. The van der Waals surface area contributed by atoms with Gasteiger partial charge in [-0.3, -0.25) is 4.79 Å². The number of halogens is 1. The summed E-state index contributed by atoms with van der Waals surface area (Å²) >= 11 is 3.65. The molecule has 7 nitrogen and oxygen atoms in total. The number of benzene rings is 2. The Morgan fingerprint density at radius 1 is 1.09 bits per heavy atom. The van der Waals surface area contributed by atoms with Crippen LogP contribution < -0.4 is 5.32 Å². The molecule has 0 radical (unpaired) electrons. The third kappa shape index (κ3) is 4.12. The molecule has 1 saturated heterocycles. The maximum absolute atomic E-state index is 11.8. The van der Waals surface area contributed by atoms with E-state index in [2.05, 4.69) is 31.2 Å².